The molecule has 1 rings (SSSR count). The van der Waals surface area contributed by atoms with Gasteiger partial charge >= 0.3 is 11.9 Å². The summed E-state index contributed by atoms with van der Waals surface area (Å²) in [5, 5.41) is 11.6. The monoisotopic (exact) mass is 288 g/mol. The van der Waals surface area contributed by atoms with Gasteiger partial charge in [0.1, 0.15) is 5.70 Å². The molecule has 0 saturated heterocycles. The molecule has 0 bridgehead atoms. The van der Waals surface area contributed by atoms with Gasteiger partial charge in [0.2, 0.25) is 0 Å². The molecule has 0 spiro atoms. The molecule has 110 valence electrons. The maximum Gasteiger partial charge on any atom is 0.354 e. The van der Waals surface area contributed by atoms with E-state index in [1.165, 1.54) is 14.2 Å². The first kappa shape index (κ1) is 16.2. The third-order valence-electron chi connectivity index (χ3n) is 2.75. The van der Waals surface area contributed by atoms with Crippen molar-refractivity contribution >= 4 is 17.6 Å². The number of carbonyl (C=O) groups excluding carboxylic acids is 2. The summed E-state index contributed by atoms with van der Waals surface area (Å²) in [5.41, 5.74) is 1.41. The standard InChI is InChI=1S/C15H16N2O4/c1-10(9-16)11-4-6-12(7-5-11)17-13(15(19)21-3)8-14(18)20-2/h4-8,10,17H,1-3H3/b13-8+. The van der Waals surface area contributed by atoms with Gasteiger partial charge in [-0.05, 0) is 24.6 Å². The molecule has 0 aliphatic carbocycles. The lowest BCUT2D eigenvalue weighted by Gasteiger charge is -2.10. The van der Waals surface area contributed by atoms with Gasteiger partial charge in [0.15, 0.2) is 0 Å². The maximum atomic E-state index is 11.6. The molecule has 0 saturated carbocycles. The van der Waals surface area contributed by atoms with Crippen LogP contribution in [0.5, 0.6) is 0 Å². The topological polar surface area (TPSA) is 88.4 Å². The Morgan fingerprint density at radius 2 is 1.86 bits per heavy atom. The van der Waals surface area contributed by atoms with Crippen LogP contribution in [0.2, 0.25) is 0 Å². The molecule has 0 aliphatic rings. The van der Waals surface area contributed by atoms with Gasteiger partial charge < -0.3 is 14.8 Å². The summed E-state index contributed by atoms with van der Waals surface area (Å²) in [7, 11) is 2.43. The highest BCUT2D eigenvalue weighted by molar-refractivity contribution is 5.98. The molecule has 0 amide bonds. The van der Waals surface area contributed by atoms with Crippen molar-refractivity contribution in [3.63, 3.8) is 0 Å². The van der Waals surface area contributed by atoms with Crippen LogP contribution in [0.1, 0.15) is 18.4 Å². The quantitative estimate of drug-likeness (QED) is 0.658. The molecule has 6 nitrogen and oxygen atoms in total. The van der Waals surface area contributed by atoms with Crippen molar-refractivity contribution in [3.8, 4) is 6.07 Å². The van der Waals surface area contributed by atoms with E-state index in [2.05, 4.69) is 20.9 Å². The van der Waals surface area contributed by atoms with Crippen LogP contribution in [0, 0.1) is 11.3 Å². The van der Waals surface area contributed by atoms with Crippen LogP contribution >= 0.6 is 0 Å². The first-order chi connectivity index (χ1) is 10.0. The third-order valence-corrected chi connectivity index (χ3v) is 2.75. The number of methoxy groups -OCH3 is 2. The molecule has 1 unspecified atom stereocenters. The zero-order chi connectivity index (χ0) is 15.8. The van der Waals surface area contributed by atoms with Crippen molar-refractivity contribution in [1.82, 2.24) is 0 Å². The first-order valence-electron chi connectivity index (χ1n) is 6.16. The lowest BCUT2D eigenvalue weighted by atomic mass is 10.0. The fourth-order valence-electron chi connectivity index (χ4n) is 1.52. The molecule has 1 aromatic carbocycles. The first-order valence-corrected chi connectivity index (χ1v) is 6.16. The lowest BCUT2D eigenvalue weighted by Crippen LogP contribution is -2.15. The lowest BCUT2D eigenvalue weighted by molar-refractivity contribution is -0.138. The van der Waals surface area contributed by atoms with E-state index in [-0.39, 0.29) is 11.6 Å². The van der Waals surface area contributed by atoms with Gasteiger partial charge in [0.25, 0.3) is 0 Å². The highest BCUT2D eigenvalue weighted by atomic mass is 16.5. The number of rotatable bonds is 5. The minimum atomic E-state index is -0.685. The van der Waals surface area contributed by atoms with Crippen LogP contribution in [0.25, 0.3) is 0 Å². The van der Waals surface area contributed by atoms with E-state index >= 15 is 0 Å². The Kier molecular flexibility index (Phi) is 5.96. The fourth-order valence-corrected chi connectivity index (χ4v) is 1.52. The van der Waals surface area contributed by atoms with Gasteiger partial charge in [-0.1, -0.05) is 12.1 Å². The predicted octanol–water partition coefficient (Wildman–Crippen LogP) is 1.96. The molecule has 0 aromatic heterocycles. The number of hydrogen-bond donors (Lipinski definition) is 1. The van der Waals surface area contributed by atoms with Crippen molar-refractivity contribution < 1.29 is 19.1 Å². The smallest absolute Gasteiger partial charge is 0.354 e. The van der Waals surface area contributed by atoms with E-state index in [0.717, 1.165) is 11.6 Å². The number of hydrogen-bond acceptors (Lipinski definition) is 6. The van der Waals surface area contributed by atoms with E-state index in [4.69, 9.17) is 5.26 Å². The zero-order valence-corrected chi connectivity index (χ0v) is 12.0. The molecule has 21 heavy (non-hydrogen) atoms. The molecule has 1 aromatic rings. The summed E-state index contributed by atoms with van der Waals surface area (Å²) in [6.45, 7) is 1.79. The van der Waals surface area contributed by atoms with Gasteiger partial charge in [-0.15, -0.1) is 0 Å². The molecular weight excluding hydrogens is 272 g/mol. The van der Waals surface area contributed by atoms with E-state index in [0.29, 0.717) is 5.69 Å². The summed E-state index contributed by atoms with van der Waals surface area (Å²) in [5.74, 6) is -1.57. The Morgan fingerprint density at radius 1 is 1.24 bits per heavy atom. The average molecular weight is 288 g/mol. The van der Waals surface area contributed by atoms with E-state index in [1.54, 1.807) is 31.2 Å². The van der Waals surface area contributed by atoms with E-state index < -0.39 is 11.9 Å². The van der Waals surface area contributed by atoms with Crippen molar-refractivity contribution in [3.05, 3.63) is 41.6 Å². The number of anilines is 1. The normalized spacial score (nSPS) is 12.0. The van der Waals surface area contributed by atoms with Crippen LogP contribution in [-0.4, -0.2) is 26.2 Å². The van der Waals surface area contributed by atoms with Gasteiger partial charge in [0, 0.05) is 5.69 Å². The van der Waals surface area contributed by atoms with Crippen molar-refractivity contribution in [1.29, 1.82) is 5.26 Å². The molecule has 0 aliphatic heterocycles. The second-order valence-electron chi connectivity index (χ2n) is 4.17. The largest absolute Gasteiger partial charge is 0.466 e. The highest BCUT2D eigenvalue weighted by Gasteiger charge is 2.13. The Bertz CT molecular complexity index is 585. The molecule has 1 atom stereocenters. The van der Waals surface area contributed by atoms with Crippen LogP contribution < -0.4 is 5.32 Å². The molecule has 6 heteroatoms. The fraction of sp³-hybridized carbons (Fsp3) is 0.267. The van der Waals surface area contributed by atoms with Crippen LogP contribution in [0.3, 0.4) is 0 Å². The summed E-state index contributed by atoms with van der Waals surface area (Å²) in [4.78, 5) is 22.8. The molecule has 0 fully saturated rings. The number of esters is 2. The molecular formula is C15H16N2O4. The predicted molar refractivity (Wildman–Crippen MR) is 76.2 cm³/mol. The summed E-state index contributed by atoms with van der Waals surface area (Å²) < 4.78 is 9.07. The molecule has 1 N–H and O–H groups in total. The summed E-state index contributed by atoms with van der Waals surface area (Å²) in [6, 6.07) is 9.08. The Balaban J connectivity index is 2.94. The minimum Gasteiger partial charge on any atom is -0.466 e. The van der Waals surface area contributed by atoms with Gasteiger partial charge in [-0.2, -0.15) is 5.26 Å². The van der Waals surface area contributed by atoms with Crippen LogP contribution in [0.4, 0.5) is 5.69 Å². The van der Waals surface area contributed by atoms with E-state index in [9.17, 15) is 9.59 Å². The van der Waals surface area contributed by atoms with Crippen molar-refractivity contribution in [2.45, 2.75) is 12.8 Å². The van der Waals surface area contributed by atoms with Gasteiger partial charge in [0.05, 0.1) is 32.3 Å². The number of benzene rings is 1. The van der Waals surface area contributed by atoms with Crippen molar-refractivity contribution in [2.24, 2.45) is 0 Å². The summed E-state index contributed by atoms with van der Waals surface area (Å²) in [6.07, 6.45) is 1.01. The number of nitriles is 1. The van der Waals surface area contributed by atoms with Crippen LogP contribution in [0.15, 0.2) is 36.0 Å². The second kappa shape index (κ2) is 7.70. The molecule has 0 radical (unpaired) electrons. The molecule has 0 heterocycles. The Labute approximate surface area is 123 Å². The Morgan fingerprint density at radius 3 is 2.33 bits per heavy atom. The zero-order valence-electron chi connectivity index (χ0n) is 12.0. The van der Waals surface area contributed by atoms with Gasteiger partial charge in [-0.3, -0.25) is 0 Å². The minimum absolute atomic E-state index is 0.0366. The number of carbonyl (C=O) groups is 2. The van der Waals surface area contributed by atoms with Crippen LogP contribution in [-0.2, 0) is 19.1 Å². The maximum absolute atomic E-state index is 11.6. The average Bonchev–Trinajstić information content (AvgIpc) is 2.53. The summed E-state index contributed by atoms with van der Waals surface area (Å²) >= 11 is 0. The van der Waals surface area contributed by atoms with Crippen molar-refractivity contribution in [2.75, 3.05) is 19.5 Å². The second-order valence-corrected chi connectivity index (χ2v) is 4.17. The van der Waals surface area contributed by atoms with E-state index in [1.807, 2.05) is 0 Å². The number of nitrogens with zero attached hydrogens (tertiary/aromatic N) is 1. The Hall–Kier alpha value is -2.81. The third kappa shape index (κ3) is 4.66. The number of nitrogens with one attached hydrogen (secondary N) is 1. The number of ether oxygens (including phenoxy) is 2. The SMILES string of the molecule is COC(=O)/C=C(/Nc1ccc(C(C)C#N)cc1)C(=O)OC. The highest BCUT2D eigenvalue weighted by Crippen LogP contribution is 2.18. The van der Waals surface area contributed by atoms with Gasteiger partial charge in [-0.25, -0.2) is 9.59 Å².